The lowest BCUT2D eigenvalue weighted by molar-refractivity contribution is -0.114. The molecule has 0 unspecified atom stereocenters. The molecule has 0 atom stereocenters. The van der Waals surface area contributed by atoms with Crippen molar-refractivity contribution in [1.29, 1.82) is 0 Å². The van der Waals surface area contributed by atoms with Crippen LogP contribution in [-0.2, 0) is 14.9 Å². The molecule has 10 heteroatoms. The lowest BCUT2D eigenvalue weighted by Crippen LogP contribution is -2.22. The molecule has 2 aromatic carbocycles. The van der Waals surface area contributed by atoms with Crippen LogP contribution in [0.15, 0.2) is 88.6 Å². The number of anilines is 2. The van der Waals surface area contributed by atoms with Gasteiger partial charge in [0, 0.05) is 32.2 Å². The van der Waals surface area contributed by atoms with E-state index in [1.54, 1.807) is 25.4 Å². The van der Waals surface area contributed by atoms with Crippen molar-refractivity contribution in [1.82, 2.24) is 4.98 Å². The Kier molecular flexibility index (Phi) is 7.83. The van der Waals surface area contributed by atoms with Gasteiger partial charge in [-0.2, -0.15) is 18.5 Å². The highest BCUT2D eigenvalue weighted by molar-refractivity contribution is 7.85. The van der Waals surface area contributed by atoms with Crippen LogP contribution in [0.5, 0.6) is 0 Å². The molecule has 1 N–H and O–H groups in total. The van der Waals surface area contributed by atoms with E-state index in [1.807, 2.05) is 61.5 Å². The number of pyridine rings is 1. The third-order valence-corrected chi connectivity index (χ3v) is 5.96. The van der Waals surface area contributed by atoms with Crippen molar-refractivity contribution in [3.8, 4) is 0 Å². The summed E-state index contributed by atoms with van der Waals surface area (Å²) >= 11 is 6.13. The lowest BCUT2D eigenvalue weighted by Gasteiger charge is -2.14. The largest absolute Gasteiger partial charge is 0.378 e. The van der Waals surface area contributed by atoms with Gasteiger partial charge in [0.25, 0.3) is 16.0 Å². The van der Waals surface area contributed by atoms with E-state index in [1.165, 1.54) is 6.07 Å². The minimum atomic E-state index is -4.44. The molecule has 0 bridgehead atoms. The molecule has 1 aliphatic heterocycles. The number of hydrogen-bond acceptors (Lipinski definition) is 6. The van der Waals surface area contributed by atoms with Crippen LogP contribution < -0.4 is 9.91 Å². The highest BCUT2D eigenvalue weighted by atomic mass is 35.5. The summed E-state index contributed by atoms with van der Waals surface area (Å²) in [5.74, 6) is -0.441. The van der Waals surface area contributed by atoms with Crippen LogP contribution in [0.4, 0.5) is 11.4 Å². The van der Waals surface area contributed by atoms with Crippen molar-refractivity contribution < 1.29 is 17.8 Å². The number of rotatable bonds is 4. The fourth-order valence-electron chi connectivity index (χ4n) is 3.01. The minimum Gasteiger partial charge on any atom is -0.378 e. The van der Waals surface area contributed by atoms with Gasteiger partial charge in [-0.25, -0.2) is 0 Å². The first-order valence-electron chi connectivity index (χ1n) is 10.1. The third kappa shape index (κ3) is 6.07. The Labute approximate surface area is 203 Å². The third-order valence-electron chi connectivity index (χ3n) is 4.79. The second kappa shape index (κ2) is 10.6. The SMILES string of the molecule is CC1=NN(c2cc(S(=O)(=O)O)ccc2Cl)C(=O)/C1=C\c1ccc(N(C)C)cc1.c1ccncc1. The summed E-state index contributed by atoms with van der Waals surface area (Å²) in [5, 5.41) is 5.38. The molecule has 0 saturated carbocycles. The molecule has 1 aliphatic rings. The zero-order valence-corrected chi connectivity index (χ0v) is 20.3. The number of amides is 1. The van der Waals surface area contributed by atoms with Gasteiger partial charge in [0.15, 0.2) is 0 Å². The van der Waals surface area contributed by atoms with Crippen molar-refractivity contribution in [3.05, 3.63) is 89.2 Å². The normalized spacial score (nSPS) is 14.5. The summed E-state index contributed by atoms with van der Waals surface area (Å²) in [6.45, 7) is 1.68. The Morgan fingerprint density at radius 3 is 2.18 bits per heavy atom. The Morgan fingerprint density at radius 1 is 1.03 bits per heavy atom. The van der Waals surface area contributed by atoms with Crippen LogP contribution in [0.1, 0.15) is 12.5 Å². The summed E-state index contributed by atoms with van der Waals surface area (Å²) in [6, 6.07) is 16.9. The van der Waals surface area contributed by atoms with Gasteiger partial charge in [0.05, 0.1) is 26.9 Å². The fraction of sp³-hybridized carbons (Fsp3) is 0.125. The average molecular weight is 499 g/mol. The number of benzene rings is 2. The van der Waals surface area contributed by atoms with Crippen LogP contribution >= 0.6 is 11.6 Å². The number of nitrogens with zero attached hydrogens (tertiary/aromatic N) is 4. The number of carbonyl (C=O) groups is 1. The van der Waals surface area contributed by atoms with Gasteiger partial charge in [-0.1, -0.05) is 29.8 Å². The molecular weight excluding hydrogens is 476 g/mol. The minimum absolute atomic E-state index is 0.0764. The molecule has 1 aromatic heterocycles. The summed E-state index contributed by atoms with van der Waals surface area (Å²) < 4.78 is 32.0. The Hall–Kier alpha value is -3.53. The van der Waals surface area contributed by atoms with E-state index in [0.717, 1.165) is 28.4 Å². The predicted octanol–water partition coefficient (Wildman–Crippen LogP) is 4.54. The maximum atomic E-state index is 12.9. The van der Waals surface area contributed by atoms with Crippen LogP contribution in [0.3, 0.4) is 0 Å². The molecule has 4 rings (SSSR count). The maximum absolute atomic E-state index is 12.9. The molecule has 176 valence electrons. The first kappa shape index (κ1) is 25.1. The molecule has 8 nitrogen and oxygen atoms in total. The van der Waals surface area contributed by atoms with E-state index in [0.29, 0.717) is 11.3 Å². The van der Waals surface area contributed by atoms with Crippen LogP contribution in [0, 0.1) is 0 Å². The van der Waals surface area contributed by atoms with Gasteiger partial charge in [0.2, 0.25) is 0 Å². The Balaban J connectivity index is 0.000000469. The van der Waals surface area contributed by atoms with Crippen LogP contribution in [0.2, 0.25) is 5.02 Å². The van der Waals surface area contributed by atoms with Gasteiger partial charge < -0.3 is 4.90 Å². The van der Waals surface area contributed by atoms with Crippen LogP contribution in [0.25, 0.3) is 6.08 Å². The Bertz CT molecular complexity index is 1310. The van der Waals surface area contributed by atoms with Gasteiger partial charge in [-0.05, 0) is 61.0 Å². The molecule has 2 heterocycles. The smallest absolute Gasteiger partial charge is 0.294 e. The van der Waals surface area contributed by atoms with Crippen molar-refractivity contribution in [2.45, 2.75) is 11.8 Å². The quantitative estimate of drug-likeness (QED) is 0.418. The van der Waals surface area contributed by atoms with Crippen molar-refractivity contribution in [2.24, 2.45) is 5.10 Å². The number of carbonyl (C=O) groups excluding carboxylic acids is 1. The summed E-state index contributed by atoms with van der Waals surface area (Å²) in [4.78, 5) is 18.3. The van der Waals surface area contributed by atoms with E-state index >= 15 is 0 Å². The molecule has 0 radical (unpaired) electrons. The molecule has 1 amide bonds. The van der Waals surface area contributed by atoms with E-state index in [9.17, 15) is 17.8 Å². The lowest BCUT2D eigenvalue weighted by atomic mass is 10.1. The molecule has 0 spiro atoms. The van der Waals surface area contributed by atoms with Crippen molar-refractivity contribution >= 4 is 50.8 Å². The highest BCUT2D eigenvalue weighted by Gasteiger charge is 2.30. The predicted molar refractivity (Wildman–Crippen MR) is 135 cm³/mol. The van der Waals surface area contributed by atoms with E-state index in [4.69, 9.17) is 11.6 Å². The first-order valence-corrected chi connectivity index (χ1v) is 11.9. The first-order chi connectivity index (χ1) is 16.1. The number of hydrazone groups is 1. The maximum Gasteiger partial charge on any atom is 0.294 e. The highest BCUT2D eigenvalue weighted by Crippen LogP contribution is 2.33. The zero-order chi connectivity index (χ0) is 24.9. The van der Waals surface area contributed by atoms with E-state index in [-0.39, 0.29) is 15.6 Å². The van der Waals surface area contributed by atoms with Crippen molar-refractivity contribution in [3.63, 3.8) is 0 Å². The summed E-state index contributed by atoms with van der Waals surface area (Å²) in [7, 11) is -0.564. The van der Waals surface area contributed by atoms with Crippen LogP contribution in [-0.4, -0.2) is 43.7 Å². The second-order valence-electron chi connectivity index (χ2n) is 7.46. The number of hydrogen-bond donors (Lipinski definition) is 1. The topological polar surface area (TPSA) is 103 Å². The monoisotopic (exact) mass is 498 g/mol. The molecular formula is C24H23ClN4O4S. The van der Waals surface area contributed by atoms with Crippen molar-refractivity contribution in [2.75, 3.05) is 24.0 Å². The van der Waals surface area contributed by atoms with Gasteiger partial charge in [-0.3, -0.25) is 14.3 Å². The second-order valence-corrected chi connectivity index (χ2v) is 9.29. The molecule has 3 aromatic rings. The van der Waals surface area contributed by atoms with Gasteiger partial charge in [-0.15, -0.1) is 0 Å². The van der Waals surface area contributed by atoms with E-state index in [2.05, 4.69) is 10.1 Å². The number of aromatic nitrogens is 1. The van der Waals surface area contributed by atoms with E-state index < -0.39 is 16.0 Å². The molecule has 0 saturated heterocycles. The van der Waals surface area contributed by atoms with Gasteiger partial charge in [0.1, 0.15) is 0 Å². The zero-order valence-electron chi connectivity index (χ0n) is 18.8. The number of halogens is 1. The van der Waals surface area contributed by atoms with Gasteiger partial charge >= 0.3 is 0 Å². The Morgan fingerprint density at radius 2 is 1.68 bits per heavy atom. The average Bonchev–Trinajstić information content (AvgIpc) is 3.08. The molecule has 0 fully saturated rings. The fourth-order valence-corrected chi connectivity index (χ4v) is 3.71. The molecule has 0 aliphatic carbocycles. The molecule has 34 heavy (non-hydrogen) atoms. The standard InChI is InChI=1S/C19H18ClN3O4S.C5H5N/c1-12-16(10-13-4-6-14(7-5-13)22(2)3)19(24)23(21-12)18-11-15(28(25,26)27)8-9-17(18)20;1-2-4-6-5-3-1/h4-11H,1-3H3,(H,25,26,27);1-5H/b16-10-;. The summed E-state index contributed by atoms with van der Waals surface area (Å²) in [6.07, 6.45) is 5.21. The summed E-state index contributed by atoms with van der Waals surface area (Å²) in [5.41, 5.74) is 2.76.